The molecule has 0 aliphatic carbocycles. The Bertz CT molecular complexity index is 46.5. The summed E-state index contributed by atoms with van der Waals surface area (Å²) in [5.41, 5.74) is 0. The maximum absolute atomic E-state index is 5.74. The van der Waals surface area contributed by atoms with E-state index in [1.807, 2.05) is 6.92 Å². The van der Waals surface area contributed by atoms with Crippen LogP contribution in [0.1, 0.15) is 13.3 Å². The summed E-state index contributed by atoms with van der Waals surface area (Å²) in [7, 11) is 0. The second kappa shape index (κ2) is 4.46. The fourth-order valence-corrected chi connectivity index (χ4v) is 0.763. The van der Waals surface area contributed by atoms with E-state index in [0.29, 0.717) is 11.8 Å². The van der Waals surface area contributed by atoms with Gasteiger partial charge in [0.2, 0.25) is 0 Å². The van der Waals surface area contributed by atoms with Crippen molar-refractivity contribution in [3.8, 4) is 0 Å². The van der Waals surface area contributed by atoms with Gasteiger partial charge in [-0.15, -0.1) is 23.2 Å². The van der Waals surface area contributed by atoms with Crippen molar-refractivity contribution in [2.24, 2.45) is 5.92 Å². The molecule has 0 amide bonds. The molecule has 49 valence electrons. The second-order valence-corrected chi connectivity index (χ2v) is 2.81. The molecule has 0 saturated carbocycles. The lowest BCUT2D eigenvalue weighted by molar-refractivity contribution is 0.581. The minimum atomic E-state index is 0.0918. The summed E-state index contributed by atoms with van der Waals surface area (Å²) in [5.74, 6) is 0.965. The van der Waals surface area contributed by atoms with Crippen molar-refractivity contribution in [2.45, 2.75) is 18.7 Å². The van der Waals surface area contributed by atoms with E-state index in [0.717, 1.165) is 6.42 Å². The topological polar surface area (TPSA) is 0 Å². The molecule has 2 heteroatoms. The van der Waals surface area contributed by atoms with Gasteiger partial charge >= 0.3 is 0 Å². The molecule has 0 heterocycles. The van der Waals surface area contributed by atoms with E-state index in [1.54, 1.807) is 0 Å². The third-order valence-corrected chi connectivity index (χ3v) is 2.30. The largest absolute Gasteiger partial charge is 0.125 e. The molecule has 0 saturated heterocycles. The van der Waals surface area contributed by atoms with E-state index in [-0.39, 0.29) is 5.38 Å². The molecule has 0 nitrogen and oxygen atoms in total. The minimum Gasteiger partial charge on any atom is -0.125 e. The van der Waals surface area contributed by atoms with E-state index >= 15 is 0 Å². The molecular formula is C6H11Cl2. The van der Waals surface area contributed by atoms with Crippen LogP contribution in [0.5, 0.6) is 0 Å². The molecule has 8 heavy (non-hydrogen) atoms. The first kappa shape index (κ1) is 8.58. The highest BCUT2D eigenvalue weighted by molar-refractivity contribution is 6.28. The van der Waals surface area contributed by atoms with Crippen molar-refractivity contribution in [1.82, 2.24) is 0 Å². The maximum Gasteiger partial charge on any atom is 0.0497 e. The van der Waals surface area contributed by atoms with Crippen LogP contribution in [-0.4, -0.2) is 11.3 Å². The predicted molar refractivity (Wildman–Crippen MR) is 39.5 cm³/mol. The SMILES string of the molecule is [CH2]CC(C)C(Cl)CCl. The zero-order valence-electron chi connectivity index (χ0n) is 5.03. The monoisotopic (exact) mass is 153 g/mol. The van der Waals surface area contributed by atoms with Crippen LogP contribution in [-0.2, 0) is 0 Å². The molecule has 2 atom stereocenters. The fourth-order valence-electron chi connectivity index (χ4n) is 0.333. The van der Waals surface area contributed by atoms with Gasteiger partial charge in [0.25, 0.3) is 0 Å². The van der Waals surface area contributed by atoms with Crippen LogP contribution >= 0.6 is 23.2 Å². The summed E-state index contributed by atoms with van der Waals surface area (Å²) in [6.45, 7) is 5.76. The quantitative estimate of drug-likeness (QED) is 0.548. The number of hydrogen-bond acceptors (Lipinski definition) is 0. The zero-order valence-corrected chi connectivity index (χ0v) is 6.54. The first-order valence-corrected chi connectivity index (χ1v) is 3.68. The van der Waals surface area contributed by atoms with Crippen molar-refractivity contribution < 1.29 is 0 Å². The number of halogens is 2. The normalized spacial score (nSPS) is 18.0. The Kier molecular flexibility index (Phi) is 4.78. The molecule has 0 aromatic heterocycles. The van der Waals surface area contributed by atoms with Crippen LogP contribution in [0.25, 0.3) is 0 Å². The van der Waals surface area contributed by atoms with Gasteiger partial charge in [-0.05, 0) is 12.3 Å². The van der Waals surface area contributed by atoms with Crippen LogP contribution in [0.3, 0.4) is 0 Å². The van der Waals surface area contributed by atoms with Gasteiger partial charge in [0.1, 0.15) is 0 Å². The Balaban J connectivity index is 3.29. The van der Waals surface area contributed by atoms with E-state index < -0.39 is 0 Å². The number of hydrogen-bond donors (Lipinski definition) is 0. The van der Waals surface area contributed by atoms with Gasteiger partial charge in [0.15, 0.2) is 0 Å². The van der Waals surface area contributed by atoms with Crippen LogP contribution < -0.4 is 0 Å². The minimum absolute atomic E-state index is 0.0918. The molecule has 1 radical (unpaired) electrons. The Morgan fingerprint density at radius 2 is 2.12 bits per heavy atom. The van der Waals surface area contributed by atoms with Crippen molar-refractivity contribution in [2.75, 3.05) is 5.88 Å². The van der Waals surface area contributed by atoms with Crippen LogP contribution in [0, 0.1) is 12.8 Å². The summed E-state index contributed by atoms with van der Waals surface area (Å²) in [6.07, 6.45) is 0.862. The molecule has 0 aromatic rings. The summed E-state index contributed by atoms with van der Waals surface area (Å²) in [5, 5.41) is 0.0918. The fraction of sp³-hybridized carbons (Fsp3) is 0.833. The first-order valence-electron chi connectivity index (χ1n) is 2.71. The third-order valence-electron chi connectivity index (χ3n) is 1.22. The Hall–Kier alpha value is 0.580. The van der Waals surface area contributed by atoms with Gasteiger partial charge in [-0.1, -0.05) is 13.8 Å². The van der Waals surface area contributed by atoms with Gasteiger partial charge in [-0.25, -0.2) is 0 Å². The van der Waals surface area contributed by atoms with Crippen molar-refractivity contribution in [1.29, 1.82) is 0 Å². The van der Waals surface area contributed by atoms with Crippen molar-refractivity contribution >= 4 is 23.2 Å². The Morgan fingerprint density at radius 3 is 2.25 bits per heavy atom. The van der Waals surface area contributed by atoms with Crippen molar-refractivity contribution in [3.05, 3.63) is 6.92 Å². The van der Waals surface area contributed by atoms with Gasteiger partial charge in [0.05, 0.1) is 0 Å². The molecular weight excluding hydrogens is 143 g/mol. The molecule has 0 aliphatic rings. The van der Waals surface area contributed by atoms with Crippen LogP contribution in [0.2, 0.25) is 0 Å². The lowest BCUT2D eigenvalue weighted by Crippen LogP contribution is -2.11. The lowest BCUT2D eigenvalue weighted by atomic mass is 10.1. The van der Waals surface area contributed by atoms with Gasteiger partial charge in [-0.3, -0.25) is 0 Å². The second-order valence-electron chi connectivity index (χ2n) is 1.94. The van der Waals surface area contributed by atoms with E-state index in [9.17, 15) is 0 Å². The average Bonchev–Trinajstić information content (AvgIpc) is 1.84. The van der Waals surface area contributed by atoms with Crippen LogP contribution in [0.15, 0.2) is 0 Å². The highest BCUT2D eigenvalue weighted by Crippen LogP contribution is 2.14. The lowest BCUT2D eigenvalue weighted by Gasteiger charge is -2.11. The highest BCUT2D eigenvalue weighted by Gasteiger charge is 2.09. The highest BCUT2D eigenvalue weighted by atomic mass is 35.5. The zero-order chi connectivity index (χ0) is 6.57. The van der Waals surface area contributed by atoms with Gasteiger partial charge in [-0.2, -0.15) is 0 Å². The standard InChI is InChI=1S/C6H11Cl2/c1-3-5(2)6(8)4-7/h5-6H,1,3-4H2,2H3. The molecule has 0 bridgehead atoms. The molecule has 0 aliphatic heterocycles. The van der Waals surface area contributed by atoms with E-state index in [2.05, 4.69) is 6.92 Å². The van der Waals surface area contributed by atoms with Crippen LogP contribution in [0.4, 0.5) is 0 Å². The molecule has 0 aromatic carbocycles. The number of alkyl halides is 2. The third kappa shape index (κ3) is 2.78. The average molecular weight is 154 g/mol. The van der Waals surface area contributed by atoms with Gasteiger partial charge < -0.3 is 0 Å². The maximum atomic E-state index is 5.74. The van der Waals surface area contributed by atoms with Crippen molar-refractivity contribution in [3.63, 3.8) is 0 Å². The molecule has 0 rings (SSSR count). The molecule has 0 N–H and O–H groups in total. The predicted octanol–water partition coefficient (Wildman–Crippen LogP) is 2.69. The Labute approximate surface area is 61.2 Å². The molecule has 0 fully saturated rings. The first-order chi connectivity index (χ1) is 3.72. The van der Waals surface area contributed by atoms with Gasteiger partial charge in [0, 0.05) is 11.3 Å². The molecule has 0 spiro atoms. The summed E-state index contributed by atoms with van der Waals surface area (Å²) < 4.78 is 0. The smallest absolute Gasteiger partial charge is 0.0497 e. The summed E-state index contributed by atoms with van der Waals surface area (Å²) in [6, 6.07) is 0. The summed E-state index contributed by atoms with van der Waals surface area (Å²) >= 11 is 11.2. The molecule has 2 unspecified atom stereocenters. The Morgan fingerprint density at radius 1 is 1.62 bits per heavy atom. The summed E-state index contributed by atoms with van der Waals surface area (Å²) in [4.78, 5) is 0. The van der Waals surface area contributed by atoms with E-state index in [4.69, 9.17) is 23.2 Å². The van der Waals surface area contributed by atoms with E-state index in [1.165, 1.54) is 0 Å². The number of rotatable bonds is 3.